The molecule has 104 valence electrons. The molecule has 0 unspecified atom stereocenters. The van der Waals surface area contributed by atoms with Gasteiger partial charge in [-0.2, -0.15) is 5.01 Å². The molecule has 0 fully saturated rings. The molecule has 1 aliphatic heterocycles. The van der Waals surface area contributed by atoms with Gasteiger partial charge in [0.2, 0.25) is 0 Å². The van der Waals surface area contributed by atoms with Gasteiger partial charge in [0.15, 0.2) is 0 Å². The van der Waals surface area contributed by atoms with E-state index in [1.807, 2.05) is 0 Å². The number of carbonyl (C=O) groups is 2. The number of imide groups is 1. The number of fused-ring (bicyclic) bond motifs is 1. The van der Waals surface area contributed by atoms with E-state index in [1.165, 1.54) is 6.07 Å². The zero-order valence-corrected chi connectivity index (χ0v) is 11.0. The Bertz CT molecular complexity index is 733. The normalized spacial score (nSPS) is 13.2. The third-order valence-corrected chi connectivity index (χ3v) is 3.27. The van der Waals surface area contributed by atoms with Crippen molar-refractivity contribution in [3.63, 3.8) is 0 Å². The maximum absolute atomic E-state index is 12.2. The summed E-state index contributed by atoms with van der Waals surface area (Å²) in [6, 6.07) is 13.1. The Balaban J connectivity index is 1.88. The van der Waals surface area contributed by atoms with Crippen molar-refractivity contribution in [1.29, 1.82) is 0 Å². The lowest BCUT2D eigenvalue weighted by Gasteiger charge is -2.18. The Morgan fingerprint density at radius 3 is 2.05 bits per heavy atom. The molecule has 2 aromatic rings. The molecule has 0 atom stereocenters. The SMILES string of the molecule is C=C(NN1C(=O)c2ccccc2C1=O)c1ccccc1O. The molecule has 2 aromatic carbocycles. The number of nitrogens with one attached hydrogen (secondary N) is 1. The Hall–Kier alpha value is -3.08. The zero-order chi connectivity index (χ0) is 15.0. The number of benzene rings is 2. The summed E-state index contributed by atoms with van der Waals surface area (Å²) >= 11 is 0. The molecule has 0 saturated heterocycles. The first-order valence-electron chi connectivity index (χ1n) is 6.31. The van der Waals surface area contributed by atoms with E-state index in [0.29, 0.717) is 16.7 Å². The lowest BCUT2D eigenvalue weighted by atomic mass is 10.1. The summed E-state index contributed by atoms with van der Waals surface area (Å²) in [4.78, 5) is 24.4. The molecule has 0 spiro atoms. The first kappa shape index (κ1) is 12.9. The van der Waals surface area contributed by atoms with Gasteiger partial charge in [0.1, 0.15) is 5.75 Å². The number of hydrogen-bond donors (Lipinski definition) is 2. The highest BCUT2D eigenvalue weighted by Crippen LogP contribution is 2.25. The molecule has 2 amide bonds. The second-order valence-electron chi connectivity index (χ2n) is 4.60. The van der Waals surface area contributed by atoms with Crippen molar-refractivity contribution in [3.8, 4) is 5.75 Å². The van der Waals surface area contributed by atoms with E-state index in [1.54, 1.807) is 42.5 Å². The number of aromatic hydroxyl groups is 1. The molecule has 0 aliphatic carbocycles. The average molecular weight is 280 g/mol. The van der Waals surface area contributed by atoms with E-state index in [9.17, 15) is 14.7 Å². The number of amides is 2. The Kier molecular flexibility index (Phi) is 2.95. The van der Waals surface area contributed by atoms with Crippen molar-refractivity contribution < 1.29 is 14.7 Å². The van der Waals surface area contributed by atoms with Crippen molar-refractivity contribution in [2.24, 2.45) is 0 Å². The van der Waals surface area contributed by atoms with Crippen molar-refractivity contribution in [3.05, 3.63) is 71.8 Å². The molecule has 3 rings (SSSR count). The van der Waals surface area contributed by atoms with Gasteiger partial charge >= 0.3 is 0 Å². The summed E-state index contributed by atoms with van der Waals surface area (Å²) < 4.78 is 0. The number of phenols is 1. The largest absolute Gasteiger partial charge is 0.507 e. The highest BCUT2D eigenvalue weighted by molar-refractivity contribution is 6.21. The van der Waals surface area contributed by atoms with Gasteiger partial charge in [-0.1, -0.05) is 30.8 Å². The molecule has 0 radical (unpaired) electrons. The van der Waals surface area contributed by atoms with Crippen LogP contribution in [-0.2, 0) is 0 Å². The lowest BCUT2D eigenvalue weighted by Crippen LogP contribution is -2.41. The maximum atomic E-state index is 12.2. The molecule has 0 saturated carbocycles. The number of para-hydroxylation sites is 1. The van der Waals surface area contributed by atoms with Crippen LogP contribution in [0, 0.1) is 0 Å². The van der Waals surface area contributed by atoms with Crippen LogP contribution in [0.25, 0.3) is 5.70 Å². The van der Waals surface area contributed by atoms with Gasteiger partial charge in [0, 0.05) is 5.56 Å². The number of rotatable bonds is 3. The van der Waals surface area contributed by atoms with Crippen LogP contribution in [0.15, 0.2) is 55.1 Å². The van der Waals surface area contributed by atoms with E-state index in [0.717, 1.165) is 5.01 Å². The number of hydrazine groups is 1. The summed E-state index contributed by atoms with van der Waals surface area (Å²) in [6.07, 6.45) is 0. The summed E-state index contributed by atoms with van der Waals surface area (Å²) in [5.41, 5.74) is 4.05. The number of hydrogen-bond acceptors (Lipinski definition) is 4. The van der Waals surface area contributed by atoms with E-state index in [2.05, 4.69) is 12.0 Å². The highest BCUT2D eigenvalue weighted by Gasteiger charge is 2.35. The molecule has 0 aromatic heterocycles. The number of nitrogens with zero attached hydrogens (tertiary/aromatic N) is 1. The fraction of sp³-hybridized carbons (Fsp3) is 0. The van der Waals surface area contributed by atoms with Gasteiger partial charge in [-0.3, -0.25) is 15.0 Å². The summed E-state index contributed by atoms with van der Waals surface area (Å²) in [7, 11) is 0. The monoisotopic (exact) mass is 280 g/mol. The predicted molar refractivity (Wildman–Crippen MR) is 77.2 cm³/mol. The van der Waals surface area contributed by atoms with Gasteiger partial charge in [0.05, 0.1) is 16.8 Å². The minimum absolute atomic E-state index is 0.0200. The molecule has 21 heavy (non-hydrogen) atoms. The second kappa shape index (κ2) is 4.79. The van der Waals surface area contributed by atoms with E-state index >= 15 is 0 Å². The zero-order valence-electron chi connectivity index (χ0n) is 11.0. The summed E-state index contributed by atoms with van der Waals surface area (Å²) in [5, 5.41) is 10.7. The first-order valence-corrected chi connectivity index (χ1v) is 6.31. The minimum Gasteiger partial charge on any atom is -0.507 e. The van der Waals surface area contributed by atoms with E-state index < -0.39 is 11.8 Å². The van der Waals surface area contributed by atoms with Crippen LogP contribution in [0.2, 0.25) is 0 Å². The third-order valence-electron chi connectivity index (χ3n) is 3.27. The molecule has 0 bridgehead atoms. The number of phenolic OH excluding ortho intramolecular Hbond substituents is 1. The van der Waals surface area contributed by atoms with Crippen molar-refractivity contribution in [2.45, 2.75) is 0 Å². The van der Waals surface area contributed by atoms with Gasteiger partial charge in [0.25, 0.3) is 11.8 Å². The Labute approximate surface area is 121 Å². The summed E-state index contributed by atoms with van der Waals surface area (Å²) in [6.45, 7) is 3.76. The van der Waals surface area contributed by atoms with Crippen LogP contribution < -0.4 is 5.43 Å². The van der Waals surface area contributed by atoms with Crippen molar-refractivity contribution in [1.82, 2.24) is 10.4 Å². The standard InChI is InChI=1S/C16H12N2O3/c1-10(11-6-4-5-9-14(11)19)17-18-15(20)12-7-2-3-8-13(12)16(18)21/h2-9,17,19H,1H2. The lowest BCUT2D eigenvalue weighted by molar-refractivity contribution is 0.0606. The second-order valence-corrected chi connectivity index (χ2v) is 4.60. The molecule has 1 heterocycles. The molecular weight excluding hydrogens is 268 g/mol. The third kappa shape index (κ3) is 2.04. The van der Waals surface area contributed by atoms with E-state index in [-0.39, 0.29) is 11.4 Å². The topological polar surface area (TPSA) is 69.6 Å². The van der Waals surface area contributed by atoms with Gasteiger partial charge < -0.3 is 5.11 Å². The average Bonchev–Trinajstić information content (AvgIpc) is 2.73. The van der Waals surface area contributed by atoms with Crippen molar-refractivity contribution in [2.75, 3.05) is 0 Å². The van der Waals surface area contributed by atoms with Crippen LogP contribution in [0.5, 0.6) is 5.75 Å². The molecular formula is C16H12N2O3. The van der Waals surface area contributed by atoms with Gasteiger partial charge in [-0.05, 0) is 24.3 Å². The van der Waals surface area contributed by atoms with Crippen LogP contribution in [0.3, 0.4) is 0 Å². The maximum Gasteiger partial charge on any atom is 0.280 e. The smallest absolute Gasteiger partial charge is 0.280 e. The fourth-order valence-corrected chi connectivity index (χ4v) is 2.21. The minimum atomic E-state index is -0.438. The van der Waals surface area contributed by atoms with Crippen LogP contribution in [-0.4, -0.2) is 21.9 Å². The van der Waals surface area contributed by atoms with Gasteiger partial charge in [-0.15, -0.1) is 0 Å². The van der Waals surface area contributed by atoms with Gasteiger partial charge in [-0.25, -0.2) is 0 Å². The quantitative estimate of drug-likeness (QED) is 0.845. The summed E-state index contributed by atoms with van der Waals surface area (Å²) in [5.74, 6) is -0.856. The Morgan fingerprint density at radius 2 is 1.48 bits per heavy atom. The highest BCUT2D eigenvalue weighted by atomic mass is 16.3. The fourth-order valence-electron chi connectivity index (χ4n) is 2.21. The molecule has 1 aliphatic rings. The molecule has 5 heteroatoms. The Morgan fingerprint density at radius 1 is 0.952 bits per heavy atom. The predicted octanol–water partition coefficient (Wildman–Crippen LogP) is 2.16. The van der Waals surface area contributed by atoms with Crippen LogP contribution >= 0.6 is 0 Å². The molecule has 5 nitrogen and oxygen atoms in total. The van der Waals surface area contributed by atoms with E-state index in [4.69, 9.17) is 0 Å². The molecule has 2 N–H and O–H groups in total. The van der Waals surface area contributed by atoms with Crippen LogP contribution in [0.4, 0.5) is 0 Å². The van der Waals surface area contributed by atoms with Crippen LogP contribution in [0.1, 0.15) is 26.3 Å². The number of carbonyl (C=O) groups excluding carboxylic acids is 2. The van der Waals surface area contributed by atoms with Crippen molar-refractivity contribution >= 4 is 17.5 Å². The first-order chi connectivity index (χ1) is 10.1.